The van der Waals surface area contributed by atoms with Crippen molar-refractivity contribution in [1.82, 2.24) is 5.43 Å². The van der Waals surface area contributed by atoms with Crippen LogP contribution in [0.15, 0.2) is 82.8 Å². The van der Waals surface area contributed by atoms with E-state index in [1.807, 2.05) is 30.3 Å². The lowest BCUT2D eigenvalue weighted by molar-refractivity contribution is -0.120. The molecule has 0 saturated heterocycles. The molecular weight excluding hydrogens is 431 g/mol. The second-order valence-electron chi connectivity index (χ2n) is 6.11. The third-order valence-electron chi connectivity index (χ3n) is 3.90. The van der Waals surface area contributed by atoms with Gasteiger partial charge in [0.15, 0.2) is 5.75 Å². The number of benzene rings is 3. The summed E-state index contributed by atoms with van der Waals surface area (Å²) in [4.78, 5) is 11.7. The molecule has 30 heavy (non-hydrogen) atoms. The quantitative estimate of drug-likeness (QED) is 0.338. The van der Waals surface area contributed by atoms with E-state index in [-0.39, 0.29) is 28.0 Å². The molecule has 0 heterocycles. The Hall–Kier alpha value is -3.23. The molecular formula is C21H16ClFN2O4S. The third kappa shape index (κ3) is 5.65. The van der Waals surface area contributed by atoms with Gasteiger partial charge in [-0.25, -0.2) is 9.82 Å². The molecule has 154 valence electrons. The standard InChI is InChI=1S/C21H16ClFN2O4S/c22-18-13-17(10-11-19(18)23)30(27,28)29-20-9-5-4-8-16(20)14-24-25-21(26)12-15-6-2-1-3-7-15/h1-11,13-14H,12H2,(H,25,26). The number of hydrazone groups is 1. The van der Waals surface area contributed by atoms with E-state index < -0.39 is 15.9 Å². The molecule has 0 fully saturated rings. The Morgan fingerprint density at radius 1 is 1.07 bits per heavy atom. The van der Waals surface area contributed by atoms with Crippen LogP contribution in [0.4, 0.5) is 4.39 Å². The Kier molecular flexibility index (Phi) is 6.81. The highest BCUT2D eigenvalue weighted by Gasteiger charge is 2.19. The highest BCUT2D eigenvalue weighted by molar-refractivity contribution is 7.87. The van der Waals surface area contributed by atoms with E-state index in [1.165, 1.54) is 12.3 Å². The Morgan fingerprint density at radius 2 is 1.77 bits per heavy atom. The van der Waals surface area contributed by atoms with Crippen LogP contribution in [0.5, 0.6) is 5.75 Å². The van der Waals surface area contributed by atoms with Crippen LogP contribution in [0, 0.1) is 5.82 Å². The summed E-state index contributed by atoms with van der Waals surface area (Å²) in [6.45, 7) is 0. The molecule has 6 nitrogen and oxygen atoms in total. The molecule has 0 aliphatic carbocycles. The summed E-state index contributed by atoms with van der Waals surface area (Å²) in [5, 5.41) is 3.52. The number of halogens is 2. The van der Waals surface area contributed by atoms with Crippen LogP contribution in [-0.2, 0) is 21.3 Å². The summed E-state index contributed by atoms with van der Waals surface area (Å²) in [6.07, 6.45) is 1.42. The second-order valence-corrected chi connectivity index (χ2v) is 8.06. The van der Waals surface area contributed by atoms with Crippen molar-refractivity contribution in [1.29, 1.82) is 0 Å². The van der Waals surface area contributed by atoms with Crippen LogP contribution in [0.1, 0.15) is 11.1 Å². The summed E-state index contributed by atoms with van der Waals surface area (Å²) in [6, 6.07) is 18.3. The van der Waals surface area contributed by atoms with Gasteiger partial charge in [-0.3, -0.25) is 4.79 Å². The number of amides is 1. The number of rotatable bonds is 7. The van der Waals surface area contributed by atoms with Crippen molar-refractivity contribution < 1.29 is 21.8 Å². The van der Waals surface area contributed by atoms with Gasteiger partial charge >= 0.3 is 10.1 Å². The van der Waals surface area contributed by atoms with Crippen LogP contribution >= 0.6 is 11.6 Å². The number of nitrogens with zero attached hydrogens (tertiary/aromatic N) is 1. The Morgan fingerprint density at radius 3 is 2.50 bits per heavy atom. The maximum atomic E-state index is 13.3. The molecule has 3 aromatic carbocycles. The molecule has 0 radical (unpaired) electrons. The average molecular weight is 447 g/mol. The summed E-state index contributed by atoms with van der Waals surface area (Å²) < 4.78 is 43.4. The van der Waals surface area contributed by atoms with E-state index >= 15 is 0 Å². The molecule has 0 aliphatic rings. The molecule has 0 bridgehead atoms. The molecule has 3 aromatic rings. The number of carbonyl (C=O) groups is 1. The molecule has 0 spiro atoms. The third-order valence-corrected chi connectivity index (χ3v) is 5.42. The average Bonchev–Trinajstić information content (AvgIpc) is 2.72. The molecule has 1 amide bonds. The van der Waals surface area contributed by atoms with Gasteiger partial charge in [-0.1, -0.05) is 54.1 Å². The fraction of sp³-hybridized carbons (Fsp3) is 0.0476. The fourth-order valence-corrected chi connectivity index (χ4v) is 3.68. The van der Waals surface area contributed by atoms with Crippen molar-refractivity contribution in [3.63, 3.8) is 0 Å². The summed E-state index contributed by atoms with van der Waals surface area (Å²) in [5.74, 6) is -1.09. The van der Waals surface area contributed by atoms with Gasteiger partial charge in [0.1, 0.15) is 10.7 Å². The van der Waals surface area contributed by atoms with Gasteiger partial charge in [0.05, 0.1) is 17.7 Å². The van der Waals surface area contributed by atoms with Gasteiger partial charge in [-0.15, -0.1) is 0 Å². The van der Waals surface area contributed by atoms with Gasteiger partial charge in [0, 0.05) is 5.56 Å². The largest absolute Gasteiger partial charge is 0.378 e. The van der Waals surface area contributed by atoms with Crippen molar-refractivity contribution >= 4 is 33.8 Å². The Labute approximate surface area is 178 Å². The summed E-state index contributed by atoms with van der Waals surface area (Å²) in [7, 11) is -4.26. The molecule has 0 saturated carbocycles. The first kappa shape index (κ1) is 21.5. The number of hydrogen-bond acceptors (Lipinski definition) is 5. The first-order chi connectivity index (χ1) is 14.3. The minimum atomic E-state index is -4.26. The van der Waals surface area contributed by atoms with E-state index in [4.69, 9.17) is 15.8 Å². The van der Waals surface area contributed by atoms with Crippen molar-refractivity contribution in [3.05, 3.63) is 94.8 Å². The SMILES string of the molecule is O=C(Cc1ccccc1)NN=Cc1ccccc1OS(=O)(=O)c1ccc(F)c(Cl)c1. The summed E-state index contributed by atoms with van der Waals surface area (Å²) >= 11 is 5.65. The predicted octanol–water partition coefficient (Wildman–Crippen LogP) is 3.94. The van der Waals surface area contributed by atoms with Crippen LogP contribution in [0.2, 0.25) is 5.02 Å². The predicted molar refractivity (Wildman–Crippen MR) is 112 cm³/mol. The lowest BCUT2D eigenvalue weighted by Crippen LogP contribution is -2.19. The number of para-hydroxylation sites is 1. The molecule has 0 aliphatic heterocycles. The highest BCUT2D eigenvalue weighted by atomic mass is 35.5. The lowest BCUT2D eigenvalue weighted by Gasteiger charge is -2.09. The van der Waals surface area contributed by atoms with Crippen molar-refractivity contribution in [2.24, 2.45) is 5.10 Å². The number of hydrogen-bond donors (Lipinski definition) is 1. The van der Waals surface area contributed by atoms with Gasteiger partial charge < -0.3 is 4.18 Å². The fourth-order valence-electron chi connectivity index (χ4n) is 2.46. The van der Waals surface area contributed by atoms with E-state index in [0.29, 0.717) is 5.56 Å². The first-order valence-electron chi connectivity index (χ1n) is 8.69. The maximum Gasteiger partial charge on any atom is 0.339 e. The Bertz CT molecular complexity index is 1180. The minimum absolute atomic E-state index is 0.0148. The van der Waals surface area contributed by atoms with Gasteiger partial charge in [-0.2, -0.15) is 13.5 Å². The first-order valence-corrected chi connectivity index (χ1v) is 10.5. The Balaban J connectivity index is 1.71. The minimum Gasteiger partial charge on any atom is -0.378 e. The molecule has 9 heteroatoms. The smallest absolute Gasteiger partial charge is 0.339 e. The summed E-state index contributed by atoms with van der Waals surface area (Å²) in [5.41, 5.74) is 3.53. The zero-order valence-corrected chi connectivity index (χ0v) is 17.0. The highest BCUT2D eigenvalue weighted by Crippen LogP contribution is 2.24. The molecule has 3 rings (SSSR count). The van der Waals surface area contributed by atoms with Crippen molar-refractivity contribution in [2.75, 3.05) is 0 Å². The van der Waals surface area contributed by atoms with Crippen LogP contribution < -0.4 is 9.61 Å². The van der Waals surface area contributed by atoms with Gasteiger partial charge in [0.2, 0.25) is 5.91 Å². The number of carbonyl (C=O) groups excluding carboxylic acids is 1. The maximum absolute atomic E-state index is 13.3. The zero-order valence-electron chi connectivity index (χ0n) is 15.5. The monoisotopic (exact) mass is 446 g/mol. The van der Waals surface area contributed by atoms with Crippen molar-refractivity contribution in [2.45, 2.75) is 11.3 Å². The van der Waals surface area contributed by atoms with E-state index in [1.54, 1.807) is 18.2 Å². The van der Waals surface area contributed by atoms with Gasteiger partial charge in [-0.05, 0) is 35.9 Å². The molecule has 1 N–H and O–H groups in total. The van der Waals surface area contributed by atoms with Crippen LogP contribution in [-0.4, -0.2) is 20.5 Å². The number of nitrogens with one attached hydrogen (secondary N) is 1. The van der Waals surface area contributed by atoms with E-state index in [9.17, 15) is 17.6 Å². The lowest BCUT2D eigenvalue weighted by atomic mass is 10.1. The van der Waals surface area contributed by atoms with Crippen LogP contribution in [0.3, 0.4) is 0 Å². The van der Waals surface area contributed by atoms with E-state index in [2.05, 4.69) is 10.5 Å². The van der Waals surface area contributed by atoms with Crippen molar-refractivity contribution in [3.8, 4) is 5.75 Å². The second kappa shape index (κ2) is 9.51. The van der Waals surface area contributed by atoms with Gasteiger partial charge in [0.25, 0.3) is 0 Å². The molecule has 0 atom stereocenters. The normalized spacial score (nSPS) is 11.4. The molecule has 0 aromatic heterocycles. The zero-order chi connectivity index (χ0) is 21.6. The topological polar surface area (TPSA) is 84.8 Å². The van der Waals surface area contributed by atoms with E-state index in [0.717, 1.165) is 23.8 Å². The van der Waals surface area contributed by atoms with Crippen LogP contribution in [0.25, 0.3) is 0 Å². The molecule has 0 unspecified atom stereocenters.